The molecule has 1 aromatic carbocycles. The molecule has 0 spiro atoms. The van der Waals surface area contributed by atoms with Crippen molar-refractivity contribution in [2.45, 2.75) is 52.0 Å². The van der Waals surface area contributed by atoms with Gasteiger partial charge in [-0.25, -0.2) is 0 Å². The van der Waals surface area contributed by atoms with Crippen molar-refractivity contribution in [3.8, 4) is 5.75 Å². The van der Waals surface area contributed by atoms with Crippen molar-refractivity contribution in [1.29, 1.82) is 0 Å². The molecule has 0 aliphatic carbocycles. The van der Waals surface area contributed by atoms with Crippen LogP contribution in [0.5, 0.6) is 5.75 Å². The normalized spacial score (nSPS) is 16.9. The molecule has 2 aromatic rings. The zero-order chi connectivity index (χ0) is 19.5. The monoisotopic (exact) mass is 382 g/mol. The molecular weight excluding hydrogens is 356 g/mol. The molecule has 2 amide bonds. The maximum atomic E-state index is 12.3. The second kappa shape index (κ2) is 8.14. The summed E-state index contributed by atoms with van der Waals surface area (Å²) in [6.45, 7) is 5.21. The molecule has 28 heavy (non-hydrogen) atoms. The fraction of sp³-hybridized carbons (Fsp3) is 0.476. The highest BCUT2D eigenvalue weighted by Crippen LogP contribution is 2.30. The van der Waals surface area contributed by atoms with Gasteiger partial charge >= 0.3 is 0 Å². The number of fused-ring (bicyclic) bond motifs is 1. The van der Waals surface area contributed by atoms with E-state index in [1.165, 1.54) is 24.1 Å². The van der Waals surface area contributed by atoms with Gasteiger partial charge in [-0.3, -0.25) is 19.8 Å². The Balaban J connectivity index is 1.55. The van der Waals surface area contributed by atoms with Crippen LogP contribution in [-0.2, 0) is 13.0 Å². The van der Waals surface area contributed by atoms with Crippen LogP contribution in [-0.4, -0.2) is 39.7 Å². The van der Waals surface area contributed by atoms with E-state index in [0.717, 1.165) is 43.6 Å². The molecular formula is C21H26N4O3. The largest absolute Gasteiger partial charge is 0.358 e. The van der Waals surface area contributed by atoms with Gasteiger partial charge in [0.2, 0.25) is 0 Å². The number of carbonyl (C=O) groups is 2. The smallest absolute Gasteiger partial charge is 0.259 e. The van der Waals surface area contributed by atoms with Gasteiger partial charge in [0.25, 0.3) is 11.8 Å². The van der Waals surface area contributed by atoms with Crippen molar-refractivity contribution in [1.82, 2.24) is 20.2 Å². The Morgan fingerprint density at radius 3 is 2.75 bits per heavy atom. The van der Waals surface area contributed by atoms with E-state index in [-0.39, 0.29) is 11.8 Å². The van der Waals surface area contributed by atoms with Crippen LogP contribution in [0.25, 0.3) is 0 Å². The number of carbonyl (C=O) groups excluding carboxylic acids is 2. The first kappa shape index (κ1) is 18.7. The minimum atomic E-state index is -0.345. The molecule has 1 aromatic heterocycles. The van der Waals surface area contributed by atoms with E-state index in [2.05, 4.69) is 22.2 Å². The van der Waals surface area contributed by atoms with Gasteiger partial charge < -0.3 is 4.84 Å². The predicted molar refractivity (Wildman–Crippen MR) is 104 cm³/mol. The second-order valence-electron chi connectivity index (χ2n) is 7.53. The molecule has 0 radical (unpaired) electrons. The number of benzene rings is 1. The van der Waals surface area contributed by atoms with Gasteiger partial charge in [-0.1, -0.05) is 19.8 Å². The Hall–Kier alpha value is -2.67. The number of imide groups is 1. The highest BCUT2D eigenvalue weighted by molar-refractivity contribution is 6.22. The molecule has 1 N–H and O–H groups in total. The summed E-state index contributed by atoms with van der Waals surface area (Å²) in [6, 6.07) is 3.41. The summed E-state index contributed by atoms with van der Waals surface area (Å²) in [5, 5.41) is 6.70. The average molecular weight is 382 g/mol. The molecule has 2 aliphatic rings. The number of nitrogens with zero attached hydrogens (tertiary/aromatic N) is 3. The molecule has 7 nitrogen and oxygen atoms in total. The minimum absolute atomic E-state index is 0.341. The minimum Gasteiger partial charge on any atom is -0.358 e. The Morgan fingerprint density at radius 2 is 1.96 bits per heavy atom. The SMILES string of the molecule is CCCCc1c(On2cc(CN3CCCCC3)cn2)ccc2c1C(=O)NC2=O. The van der Waals surface area contributed by atoms with Crippen LogP contribution < -0.4 is 10.2 Å². The second-order valence-corrected chi connectivity index (χ2v) is 7.53. The summed E-state index contributed by atoms with van der Waals surface area (Å²) < 4.78 is 0. The molecule has 3 heterocycles. The van der Waals surface area contributed by atoms with Gasteiger partial charge in [0.15, 0.2) is 5.75 Å². The van der Waals surface area contributed by atoms with Crippen molar-refractivity contribution < 1.29 is 14.4 Å². The lowest BCUT2D eigenvalue weighted by Gasteiger charge is -2.25. The molecule has 2 aliphatic heterocycles. The predicted octanol–water partition coefficient (Wildman–Crippen LogP) is 2.94. The van der Waals surface area contributed by atoms with Gasteiger partial charge in [-0.15, -0.1) is 9.94 Å². The third-order valence-corrected chi connectivity index (χ3v) is 5.41. The van der Waals surface area contributed by atoms with Gasteiger partial charge in [0.05, 0.1) is 23.5 Å². The van der Waals surface area contributed by atoms with Crippen molar-refractivity contribution in [2.24, 2.45) is 0 Å². The van der Waals surface area contributed by atoms with E-state index in [1.54, 1.807) is 12.1 Å². The number of unbranched alkanes of at least 4 members (excludes halogenated alkanes) is 1. The van der Waals surface area contributed by atoms with E-state index in [1.807, 2.05) is 12.4 Å². The topological polar surface area (TPSA) is 76.5 Å². The number of piperidine rings is 1. The number of likely N-dealkylation sites (tertiary alicyclic amines) is 1. The quantitative estimate of drug-likeness (QED) is 0.745. The summed E-state index contributed by atoms with van der Waals surface area (Å²) in [7, 11) is 0. The highest BCUT2D eigenvalue weighted by Gasteiger charge is 2.31. The van der Waals surface area contributed by atoms with Crippen LogP contribution in [0.4, 0.5) is 0 Å². The lowest BCUT2D eigenvalue weighted by atomic mass is 9.97. The van der Waals surface area contributed by atoms with Gasteiger partial charge in [0, 0.05) is 17.7 Å². The lowest BCUT2D eigenvalue weighted by Crippen LogP contribution is -2.28. The zero-order valence-corrected chi connectivity index (χ0v) is 16.2. The van der Waals surface area contributed by atoms with E-state index in [0.29, 0.717) is 23.3 Å². The Bertz CT molecular complexity index is 884. The van der Waals surface area contributed by atoms with Crippen molar-refractivity contribution in [2.75, 3.05) is 13.1 Å². The molecule has 148 valence electrons. The first-order valence-electron chi connectivity index (χ1n) is 10.1. The molecule has 4 rings (SSSR count). The Kier molecular flexibility index (Phi) is 5.43. The lowest BCUT2D eigenvalue weighted by molar-refractivity contribution is 0.0879. The molecule has 1 saturated heterocycles. The number of rotatable bonds is 7. The zero-order valence-electron chi connectivity index (χ0n) is 16.2. The Labute approximate surface area is 164 Å². The molecule has 7 heteroatoms. The van der Waals surface area contributed by atoms with E-state index in [4.69, 9.17) is 4.84 Å². The summed E-state index contributed by atoms with van der Waals surface area (Å²) in [5.74, 6) is -0.111. The van der Waals surface area contributed by atoms with Crippen molar-refractivity contribution >= 4 is 11.8 Å². The molecule has 0 saturated carbocycles. The van der Waals surface area contributed by atoms with Crippen molar-refractivity contribution in [3.05, 3.63) is 46.8 Å². The standard InChI is InChI=1S/C21H26N4O3/c1-2-3-7-16-18(9-8-17-19(16)21(27)23-20(17)26)28-25-14-15(12-22-25)13-24-10-5-4-6-11-24/h8-9,12,14H,2-7,10-11,13H2,1H3,(H,23,26,27). The summed E-state index contributed by atoms with van der Waals surface area (Å²) in [5.41, 5.74) is 2.74. The maximum absolute atomic E-state index is 12.3. The van der Waals surface area contributed by atoms with Gasteiger partial charge in [0.1, 0.15) is 0 Å². The van der Waals surface area contributed by atoms with Crippen LogP contribution in [0.2, 0.25) is 0 Å². The molecule has 1 fully saturated rings. The molecule has 0 bridgehead atoms. The number of hydrogen-bond acceptors (Lipinski definition) is 5. The number of nitrogens with one attached hydrogen (secondary N) is 1. The van der Waals surface area contributed by atoms with Crippen LogP contribution in [0.15, 0.2) is 24.5 Å². The van der Waals surface area contributed by atoms with Crippen LogP contribution >= 0.6 is 0 Å². The van der Waals surface area contributed by atoms with Crippen LogP contribution in [0.3, 0.4) is 0 Å². The first-order valence-corrected chi connectivity index (χ1v) is 10.1. The summed E-state index contributed by atoms with van der Waals surface area (Å²) >= 11 is 0. The van der Waals surface area contributed by atoms with E-state index < -0.39 is 0 Å². The fourth-order valence-electron chi connectivity index (χ4n) is 3.95. The maximum Gasteiger partial charge on any atom is 0.259 e. The number of hydrogen-bond donors (Lipinski definition) is 1. The third kappa shape index (κ3) is 3.80. The summed E-state index contributed by atoms with van der Waals surface area (Å²) in [6.07, 6.45) is 10.1. The third-order valence-electron chi connectivity index (χ3n) is 5.41. The van der Waals surface area contributed by atoms with Gasteiger partial charge in [-0.05, 0) is 50.9 Å². The average Bonchev–Trinajstić information content (AvgIpc) is 3.25. The highest BCUT2D eigenvalue weighted by atomic mass is 16.7. The van der Waals surface area contributed by atoms with E-state index in [9.17, 15) is 9.59 Å². The number of aromatic nitrogens is 2. The molecule has 0 unspecified atom stereocenters. The van der Waals surface area contributed by atoms with E-state index >= 15 is 0 Å². The van der Waals surface area contributed by atoms with Crippen molar-refractivity contribution in [3.63, 3.8) is 0 Å². The number of amides is 2. The van der Waals surface area contributed by atoms with Crippen LogP contribution in [0, 0.1) is 0 Å². The first-order chi connectivity index (χ1) is 13.7. The van der Waals surface area contributed by atoms with Crippen LogP contribution in [0.1, 0.15) is 70.9 Å². The Morgan fingerprint density at radius 1 is 1.14 bits per heavy atom. The molecule has 0 atom stereocenters. The summed E-state index contributed by atoms with van der Waals surface area (Å²) in [4.78, 5) is 34.1. The fourth-order valence-corrected chi connectivity index (χ4v) is 3.95. The van der Waals surface area contributed by atoms with Gasteiger partial charge in [-0.2, -0.15) is 0 Å².